The summed E-state index contributed by atoms with van der Waals surface area (Å²) < 4.78 is -0.889. The van der Waals surface area contributed by atoms with Gasteiger partial charge in [-0.1, -0.05) is 38.1 Å². The highest BCUT2D eigenvalue weighted by Crippen LogP contribution is 2.35. The number of phenolic OH excluding ortho intramolecular Hbond substituents is 2. The molecule has 5 heteroatoms. The number of carbonyl (C=O) groups is 1. The number of carbonyl (C=O) groups excluding carboxylic acids is 1. The summed E-state index contributed by atoms with van der Waals surface area (Å²) in [6, 6.07) is 11.4. The fourth-order valence-electron chi connectivity index (χ4n) is 2.26. The van der Waals surface area contributed by atoms with Crippen LogP contribution in [0, 0.1) is 13.8 Å². The minimum Gasteiger partial charge on any atom is -0.508 e. The van der Waals surface area contributed by atoms with Crippen LogP contribution in [0.3, 0.4) is 0 Å². The van der Waals surface area contributed by atoms with Crippen molar-refractivity contribution in [1.29, 1.82) is 0 Å². The Morgan fingerprint density at radius 2 is 1.17 bits per heavy atom. The van der Waals surface area contributed by atoms with E-state index in [0.29, 0.717) is 11.5 Å². The highest BCUT2D eigenvalue weighted by Gasteiger charge is 2.24. The fraction of sp³-hybridized carbons (Fsp3) is 0.278. The first kappa shape index (κ1) is 19.3. The molecule has 0 saturated heterocycles. The number of halogens is 2. The molecule has 2 rings (SSSR count). The summed E-state index contributed by atoms with van der Waals surface area (Å²) in [4.78, 5) is 8.98. The van der Waals surface area contributed by atoms with Crippen LogP contribution in [0.25, 0.3) is 0 Å². The quantitative estimate of drug-likeness (QED) is 0.687. The number of aryl methyl sites for hydroxylation is 2. The molecule has 124 valence electrons. The van der Waals surface area contributed by atoms with E-state index in [2.05, 4.69) is 37.0 Å². The van der Waals surface area contributed by atoms with Crippen molar-refractivity contribution >= 4 is 27.9 Å². The standard InChI is InChI=1S/C17H20O2.CCl2O/c1-11-9-13(5-7-15(11)18)17(3,4)14-6-8-16(19)12(2)10-14;2-1(3)4/h5-10,18-19H,1-4H3;. The van der Waals surface area contributed by atoms with Crippen LogP contribution in [0.1, 0.15) is 36.1 Å². The second kappa shape index (κ2) is 7.71. The summed E-state index contributed by atoms with van der Waals surface area (Å²) >= 11 is 8.80. The molecule has 0 bridgehead atoms. The van der Waals surface area contributed by atoms with Crippen molar-refractivity contribution in [2.75, 3.05) is 0 Å². The van der Waals surface area contributed by atoms with Crippen molar-refractivity contribution in [3.8, 4) is 11.5 Å². The smallest absolute Gasteiger partial charge is 0.313 e. The largest absolute Gasteiger partial charge is 0.508 e. The average Bonchev–Trinajstić information content (AvgIpc) is 2.44. The molecule has 2 aromatic carbocycles. The maximum Gasteiger partial charge on any atom is 0.313 e. The molecule has 0 fully saturated rings. The molecule has 0 amide bonds. The van der Waals surface area contributed by atoms with Crippen LogP contribution in [0.5, 0.6) is 11.5 Å². The molecular weight excluding hydrogens is 335 g/mol. The topological polar surface area (TPSA) is 57.5 Å². The number of aromatic hydroxyl groups is 2. The molecule has 0 radical (unpaired) electrons. The lowest BCUT2D eigenvalue weighted by Gasteiger charge is -2.27. The number of hydrogen-bond acceptors (Lipinski definition) is 3. The van der Waals surface area contributed by atoms with Gasteiger partial charge in [-0.2, -0.15) is 0 Å². The van der Waals surface area contributed by atoms with E-state index in [1.807, 2.05) is 38.1 Å². The van der Waals surface area contributed by atoms with E-state index in [9.17, 15) is 10.2 Å². The van der Waals surface area contributed by atoms with Crippen molar-refractivity contribution < 1.29 is 15.0 Å². The van der Waals surface area contributed by atoms with Gasteiger partial charge in [-0.05, 0) is 71.4 Å². The van der Waals surface area contributed by atoms with Gasteiger partial charge in [0.15, 0.2) is 0 Å². The van der Waals surface area contributed by atoms with E-state index < -0.39 is 4.70 Å². The lowest BCUT2D eigenvalue weighted by Crippen LogP contribution is -2.19. The van der Waals surface area contributed by atoms with Gasteiger partial charge in [0.05, 0.1) is 0 Å². The lowest BCUT2D eigenvalue weighted by molar-refractivity contribution is 0.275. The minimum atomic E-state index is -0.889. The summed E-state index contributed by atoms with van der Waals surface area (Å²) in [5, 5.41) is 19.3. The Balaban J connectivity index is 0.000000593. The van der Waals surface area contributed by atoms with Gasteiger partial charge >= 0.3 is 4.70 Å². The molecule has 0 atom stereocenters. The number of rotatable bonds is 2. The van der Waals surface area contributed by atoms with Gasteiger partial charge in [0.2, 0.25) is 0 Å². The normalized spacial score (nSPS) is 10.7. The van der Waals surface area contributed by atoms with E-state index in [1.165, 1.54) is 0 Å². The molecule has 0 aliphatic rings. The van der Waals surface area contributed by atoms with Gasteiger partial charge in [0.1, 0.15) is 11.5 Å². The Morgan fingerprint density at radius 3 is 1.43 bits per heavy atom. The third kappa shape index (κ3) is 5.15. The van der Waals surface area contributed by atoms with E-state index in [-0.39, 0.29) is 5.41 Å². The molecule has 2 aromatic rings. The molecular formula is C18H20Cl2O3. The number of phenols is 2. The van der Waals surface area contributed by atoms with E-state index in [4.69, 9.17) is 4.79 Å². The number of benzene rings is 2. The number of hydrogen-bond donors (Lipinski definition) is 2. The van der Waals surface area contributed by atoms with Gasteiger partial charge < -0.3 is 10.2 Å². The Kier molecular flexibility index (Phi) is 6.48. The van der Waals surface area contributed by atoms with Crippen molar-refractivity contribution in [3.05, 3.63) is 58.7 Å². The van der Waals surface area contributed by atoms with Crippen LogP contribution in [0.2, 0.25) is 0 Å². The molecule has 0 unspecified atom stereocenters. The highest BCUT2D eigenvalue weighted by atomic mass is 35.5. The zero-order chi connectivity index (χ0) is 17.8. The predicted octanol–water partition coefficient (Wildman–Crippen LogP) is 5.62. The van der Waals surface area contributed by atoms with Gasteiger partial charge in [0.25, 0.3) is 0 Å². The monoisotopic (exact) mass is 354 g/mol. The summed E-state index contributed by atoms with van der Waals surface area (Å²) in [6.45, 7) is 8.09. The van der Waals surface area contributed by atoms with Gasteiger partial charge in [-0.25, -0.2) is 0 Å². The Bertz CT molecular complexity index is 652. The van der Waals surface area contributed by atoms with Gasteiger partial charge in [0, 0.05) is 5.41 Å². The minimum absolute atomic E-state index is 0.170. The van der Waals surface area contributed by atoms with E-state index >= 15 is 0 Å². The third-order valence-corrected chi connectivity index (χ3v) is 3.84. The third-order valence-electron chi connectivity index (χ3n) is 3.84. The molecule has 0 heterocycles. The summed E-state index contributed by atoms with van der Waals surface area (Å²) in [5.41, 5.74) is 3.87. The Morgan fingerprint density at radius 1 is 0.870 bits per heavy atom. The fourth-order valence-corrected chi connectivity index (χ4v) is 2.26. The second-order valence-corrected chi connectivity index (χ2v) is 6.73. The van der Waals surface area contributed by atoms with Crippen LogP contribution >= 0.6 is 23.2 Å². The second-order valence-electron chi connectivity index (χ2n) is 5.85. The highest BCUT2D eigenvalue weighted by molar-refractivity contribution is 6.93. The zero-order valence-corrected chi connectivity index (χ0v) is 15.0. The van der Waals surface area contributed by atoms with E-state index in [0.717, 1.165) is 22.3 Å². The van der Waals surface area contributed by atoms with Crippen LogP contribution in [-0.2, 0) is 5.41 Å². The molecule has 3 nitrogen and oxygen atoms in total. The van der Waals surface area contributed by atoms with Crippen LogP contribution in [0.4, 0.5) is 4.79 Å². The van der Waals surface area contributed by atoms with Crippen molar-refractivity contribution in [2.45, 2.75) is 33.1 Å². The molecule has 0 aliphatic heterocycles. The summed E-state index contributed by atoms with van der Waals surface area (Å²) in [7, 11) is 0. The molecule has 0 saturated carbocycles. The molecule has 23 heavy (non-hydrogen) atoms. The molecule has 0 aromatic heterocycles. The first-order valence-corrected chi connectivity index (χ1v) is 7.76. The summed E-state index contributed by atoms with van der Waals surface area (Å²) in [6.07, 6.45) is 0. The van der Waals surface area contributed by atoms with Crippen LogP contribution in [-0.4, -0.2) is 14.9 Å². The maximum absolute atomic E-state index is 9.63. The van der Waals surface area contributed by atoms with Crippen LogP contribution in [0.15, 0.2) is 36.4 Å². The zero-order valence-electron chi connectivity index (χ0n) is 13.5. The van der Waals surface area contributed by atoms with Crippen molar-refractivity contribution in [1.82, 2.24) is 0 Å². The molecule has 0 spiro atoms. The molecule has 0 aliphatic carbocycles. The summed E-state index contributed by atoms with van der Waals surface area (Å²) in [5.74, 6) is 0.642. The average molecular weight is 355 g/mol. The van der Waals surface area contributed by atoms with Gasteiger partial charge in [-0.3, -0.25) is 4.79 Å². The van der Waals surface area contributed by atoms with E-state index in [1.54, 1.807) is 12.1 Å². The van der Waals surface area contributed by atoms with Gasteiger partial charge in [-0.15, -0.1) is 0 Å². The first-order valence-electron chi connectivity index (χ1n) is 7.01. The lowest BCUT2D eigenvalue weighted by atomic mass is 9.77. The predicted molar refractivity (Wildman–Crippen MR) is 94.9 cm³/mol. The first-order chi connectivity index (χ1) is 10.6. The molecule has 2 N–H and O–H groups in total. The Hall–Kier alpha value is -1.71. The van der Waals surface area contributed by atoms with Crippen molar-refractivity contribution in [3.63, 3.8) is 0 Å². The van der Waals surface area contributed by atoms with Crippen LogP contribution < -0.4 is 0 Å². The maximum atomic E-state index is 9.63. The van der Waals surface area contributed by atoms with Crippen molar-refractivity contribution in [2.24, 2.45) is 0 Å². The Labute approximate surface area is 146 Å². The SMILES string of the molecule is Cc1cc(C(C)(C)c2ccc(O)c(C)c2)ccc1O.O=C(Cl)Cl.